The number of nitrogens with zero attached hydrogens (tertiary/aromatic N) is 3. The molecule has 98 valence electrons. The van der Waals surface area contributed by atoms with Crippen molar-refractivity contribution >= 4 is 5.91 Å². The van der Waals surface area contributed by atoms with Gasteiger partial charge in [0, 0.05) is 39.4 Å². The maximum atomic E-state index is 12.5. The summed E-state index contributed by atoms with van der Waals surface area (Å²) in [7, 11) is 1.87. The van der Waals surface area contributed by atoms with E-state index in [0.29, 0.717) is 11.8 Å². The van der Waals surface area contributed by atoms with Crippen molar-refractivity contribution in [2.45, 2.75) is 13.3 Å². The highest BCUT2D eigenvalue weighted by Crippen LogP contribution is 2.27. The van der Waals surface area contributed by atoms with Gasteiger partial charge in [0.2, 0.25) is 0 Å². The Balaban J connectivity index is 1.78. The van der Waals surface area contributed by atoms with Crippen molar-refractivity contribution in [3.63, 3.8) is 0 Å². The van der Waals surface area contributed by atoms with E-state index in [-0.39, 0.29) is 5.91 Å². The molecule has 2 unspecified atom stereocenters. The number of aryl methyl sites for hydroxylation is 2. The number of carbonyl (C=O) groups is 1. The molecule has 2 atom stereocenters. The average molecular weight is 248 g/mol. The van der Waals surface area contributed by atoms with Crippen LogP contribution in [0.5, 0.6) is 0 Å². The van der Waals surface area contributed by atoms with Gasteiger partial charge in [-0.25, -0.2) is 0 Å². The minimum atomic E-state index is 0.161. The Morgan fingerprint density at radius 2 is 2.11 bits per heavy atom. The maximum Gasteiger partial charge on any atom is 0.257 e. The molecule has 2 aliphatic heterocycles. The quantitative estimate of drug-likeness (QED) is 0.817. The Bertz CT molecular complexity index is 456. The summed E-state index contributed by atoms with van der Waals surface area (Å²) in [5.41, 5.74) is 1.70. The third kappa shape index (κ3) is 1.82. The van der Waals surface area contributed by atoms with Crippen molar-refractivity contribution in [3.8, 4) is 0 Å². The Hall–Kier alpha value is -1.36. The van der Waals surface area contributed by atoms with Gasteiger partial charge in [-0.1, -0.05) is 6.92 Å². The van der Waals surface area contributed by atoms with Gasteiger partial charge in [0.25, 0.3) is 5.91 Å². The largest absolute Gasteiger partial charge is 0.338 e. The molecular formula is C13H20N4O. The smallest absolute Gasteiger partial charge is 0.257 e. The summed E-state index contributed by atoms with van der Waals surface area (Å²) >= 11 is 0. The van der Waals surface area contributed by atoms with Crippen LogP contribution in [0.1, 0.15) is 23.0 Å². The van der Waals surface area contributed by atoms with Crippen molar-refractivity contribution < 1.29 is 4.79 Å². The molecule has 1 aromatic rings. The Morgan fingerprint density at radius 1 is 1.44 bits per heavy atom. The zero-order valence-electron chi connectivity index (χ0n) is 11.0. The molecule has 1 amide bonds. The summed E-state index contributed by atoms with van der Waals surface area (Å²) in [5, 5.41) is 7.75. The Morgan fingerprint density at radius 3 is 2.72 bits per heavy atom. The number of aromatic nitrogens is 2. The predicted octanol–water partition coefficient (Wildman–Crippen LogP) is 0.274. The minimum absolute atomic E-state index is 0.161. The molecule has 5 nitrogen and oxygen atoms in total. The molecule has 0 bridgehead atoms. The first-order valence-electron chi connectivity index (χ1n) is 6.71. The first-order valence-corrected chi connectivity index (χ1v) is 6.71. The lowest BCUT2D eigenvalue weighted by atomic mass is 10.0. The second-order valence-corrected chi connectivity index (χ2v) is 5.41. The monoisotopic (exact) mass is 248 g/mol. The van der Waals surface area contributed by atoms with E-state index in [1.54, 1.807) is 4.68 Å². The van der Waals surface area contributed by atoms with E-state index in [2.05, 4.69) is 10.4 Å². The van der Waals surface area contributed by atoms with Crippen molar-refractivity contribution in [3.05, 3.63) is 17.5 Å². The summed E-state index contributed by atoms with van der Waals surface area (Å²) in [6, 6.07) is 0. The fourth-order valence-corrected chi connectivity index (χ4v) is 3.17. The highest BCUT2D eigenvalue weighted by molar-refractivity contribution is 5.95. The second kappa shape index (κ2) is 4.39. The van der Waals surface area contributed by atoms with Crippen molar-refractivity contribution in [2.24, 2.45) is 18.9 Å². The van der Waals surface area contributed by atoms with E-state index in [1.807, 2.05) is 25.1 Å². The van der Waals surface area contributed by atoms with E-state index < -0.39 is 0 Å². The van der Waals surface area contributed by atoms with Crippen LogP contribution in [0.15, 0.2) is 6.20 Å². The van der Waals surface area contributed by atoms with Crippen LogP contribution in [0.3, 0.4) is 0 Å². The lowest BCUT2D eigenvalue weighted by molar-refractivity contribution is 0.0780. The van der Waals surface area contributed by atoms with Crippen molar-refractivity contribution in [1.29, 1.82) is 0 Å². The van der Waals surface area contributed by atoms with Crippen LogP contribution in [0.4, 0.5) is 0 Å². The summed E-state index contributed by atoms with van der Waals surface area (Å²) < 4.78 is 1.74. The number of carbonyl (C=O) groups excluding carboxylic acids is 1. The van der Waals surface area contributed by atoms with Crippen LogP contribution in [-0.2, 0) is 13.5 Å². The molecule has 18 heavy (non-hydrogen) atoms. The van der Waals surface area contributed by atoms with E-state index in [1.165, 1.54) is 0 Å². The van der Waals surface area contributed by atoms with Crippen LogP contribution in [0.2, 0.25) is 0 Å². The second-order valence-electron chi connectivity index (χ2n) is 5.41. The lowest BCUT2D eigenvalue weighted by Gasteiger charge is -2.17. The first kappa shape index (κ1) is 11.7. The highest BCUT2D eigenvalue weighted by Gasteiger charge is 2.38. The molecule has 2 aliphatic rings. The number of nitrogens with one attached hydrogen (secondary N) is 1. The van der Waals surface area contributed by atoms with Crippen molar-refractivity contribution in [2.75, 3.05) is 26.2 Å². The molecule has 2 fully saturated rings. The molecular weight excluding hydrogens is 228 g/mol. The van der Waals surface area contributed by atoms with Crippen molar-refractivity contribution in [1.82, 2.24) is 20.0 Å². The summed E-state index contributed by atoms with van der Waals surface area (Å²) in [5.74, 6) is 1.46. The molecule has 3 rings (SSSR count). The van der Waals surface area contributed by atoms with E-state index in [0.717, 1.165) is 43.9 Å². The topological polar surface area (TPSA) is 50.2 Å². The molecule has 0 radical (unpaired) electrons. The summed E-state index contributed by atoms with van der Waals surface area (Å²) in [4.78, 5) is 14.5. The minimum Gasteiger partial charge on any atom is -0.338 e. The zero-order chi connectivity index (χ0) is 12.7. The van der Waals surface area contributed by atoms with Gasteiger partial charge in [0.1, 0.15) is 0 Å². The SMILES string of the molecule is CCc1nn(C)cc1C(=O)N1CC2CNCC2C1. The molecule has 0 spiro atoms. The molecule has 3 heterocycles. The summed E-state index contributed by atoms with van der Waals surface area (Å²) in [6.45, 7) is 5.95. The van der Waals surface area contributed by atoms with Gasteiger partial charge in [0.15, 0.2) is 0 Å². The number of hydrogen-bond acceptors (Lipinski definition) is 3. The van der Waals surface area contributed by atoms with Gasteiger partial charge in [-0.15, -0.1) is 0 Å². The van der Waals surface area contributed by atoms with Crippen LogP contribution < -0.4 is 5.32 Å². The maximum absolute atomic E-state index is 12.5. The fourth-order valence-electron chi connectivity index (χ4n) is 3.17. The molecule has 0 aliphatic carbocycles. The van der Waals surface area contributed by atoms with Crippen LogP contribution in [-0.4, -0.2) is 46.8 Å². The third-order valence-corrected chi connectivity index (χ3v) is 4.15. The number of amides is 1. The van der Waals surface area contributed by atoms with Gasteiger partial charge in [-0.3, -0.25) is 9.48 Å². The van der Waals surface area contributed by atoms with Crippen LogP contribution >= 0.6 is 0 Å². The lowest BCUT2D eigenvalue weighted by Crippen LogP contribution is -2.32. The summed E-state index contributed by atoms with van der Waals surface area (Å²) in [6.07, 6.45) is 2.66. The van der Waals surface area contributed by atoms with E-state index in [9.17, 15) is 4.79 Å². The molecule has 2 saturated heterocycles. The number of likely N-dealkylation sites (tertiary alicyclic amines) is 1. The van der Waals surface area contributed by atoms with E-state index >= 15 is 0 Å². The number of hydrogen-bond donors (Lipinski definition) is 1. The molecule has 0 saturated carbocycles. The molecule has 5 heteroatoms. The Labute approximate surface area is 107 Å². The molecule has 0 aromatic carbocycles. The van der Waals surface area contributed by atoms with Crippen LogP contribution in [0, 0.1) is 11.8 Å². The zero-order valence-corrected chi connectivity index (χ0v) is 11.0. The fraction of sp³-hybridized carbons (Fsp3) is 0.692. The highest BCUT2D eigenvalue weighted by atomic mass is 16.2. The van der Waals surface area contributed by atoms with Gasteiger partial charge in [-0.2, -0.15) is 5.10 Å². The standard InChI is InChI=1S/C13H20N4O/c1-3-12-11(8-16(2)15-12)13(18)17-6-9-4-14-5-10(9)7-17/h8-10,14H,3-7H2,1-2H3. The van der Waals surface area contributed by atoms with Gasteiger partial charge < -0.3 is 10.2 Å². The predicted molar refractivity (Wildman–Crippen MR) is 68.3 cm³/mol. The van der Waals surface area contributed by atoms with Gasteiger partial charge in [-0.05, 0) is 18.3 Å². The van der Waals surface area contributed by atoms with Gasteiger partial charge >= 0.3 is 0 Å². The van der Waals surface area contributed by atoms with Crippen LogP contribution in [0.25, 0.3) is 0 Å². The average Bonchev–Trinajstić information content (AvgIpc) is 3.00. The number of fused-ring (bicyclic) bond motifs is 1. The van der Waals surface area contributed by atoms with Gasteiger partial charge in [0.05, 0.1) is 11.3 Å². The molecule has 1 aromatic heterocycles. The Kier molecular flexibility index (Phi) is 2.86. The third-order valence-electron chi connectivity index (χ3n) is 4.15. The number of rotatable bonds is 2. The molecule has 1 N–H and O–H groups in total. The first-order chi connectivity index (χ1) is 8.69. The van der Waals surface area contributed by atoms with E-state index in [4.69, 9.17) is 0 Å². The normalized spacial score (nSPS) is 26.7.